The number of nitrogens with zero attached hydrogens (tertiary/aromatic N) is 2. The predicted octanol–water partition coefficient (Wildman–Crippen LogP) is 1.52. The molecule has 24 heavy (non-hydrogen) atoms. The van der Waals surface area contributed by atoms with Crippen LogP contribution in [-0.2, 0) is 16.0 Å². The van der Waals surface area contributed by atoms with Crippen LogP contribution in [0.25, 0.3) is 0 Å². The fourth-order valence-corrected chi connectivity index (χ4v) is 2.90. The summed E-state index contributed by atoms with van der Waals surface area (Å²) in [7, 11) is 2.06. The van der Waals surface area contributed by atoms with Crippen molar-refractivity contribution in [3.05, 3.63) is 24.2 Å². The molecule has 0 radical (unpaired) electrons. The molecule has 0 unspecified atom stereocenters. The van der Waals surface area contributed by atoms with Gasteiger partial charge in [-0.2, -0.15) is 0 Å². The molecule has 1 aliphatic rings. The van der Waals surface area contributed by atoms with E-state index >= 15 is 0 Å². The molecule has 0 bridgehead atoms. The third kappa shape index (κ3) is 5.67. The number of nitrogens with one attached hydrogen (secondary N) is 1. The van der Waals surface area contributed by atoms with Crippen molar-refractivity contribution >= 4 is 11.8 Å². The lowest BCUT2D eigenvalue weighted by Gasteiger charge is -2.35. The van der Waals surface area contributed by atoms with Crippen molar-refractivity contribution in [3.63, 3.8) is 0 Å². The highest BCUT2D eigenvalue weighted by Crippen LogP contribution is 2.11. The van der Waals surface area contributed by atoms with Gasteiger partial charge in [-0.1, -0.05) is 13.8 Å². The fourth-order valence-electron chi connectivity index (χ4n) is 2.90. The van der Waals surface area contributed by atoms with E-state index < -0.39 is 6.04 Å². The minimum Gasteiger partial charge on any atom is -0.469 e. The largest absolute Gasteiger partial charge is 0.469 e. The first-order valence-electron chi connectivity index (χ1n) is 8.74. The molecular formula is C18H29N3O3. The van der Waals surface area contributed by atoms with E-state index in [1.807, 2.05) is 17.0 Å². The summed E-state index contributed by atoms with van der Waals surface area (Å²) in [6, 6.07) is 3.23. The van der Waals surface area contributed by atoms with Crippen LogP contribution in [0.1, 0.15) is 32.4 Å². The Hall–Kier alpha value is -1.82. The van der Waals surface area contributed by atoms with Gasteiger partial charge in [-0.25, -0.2) is 0 Å². The first-order valence-corrected chi connectivity index (χ1v) is 8.74. The van der Waals surface area contributed by atoms with E-state index in [4.69, 9.17) is 4.42 Å². The minimum absolute atomic E-state index is 0.0446. The topological polar surface area (TPSA) is 65.8 Å². The zero-order valence-electron chi connectivity index (χ0n) is 15.0. The quantitative estimate of drug-likeness (QED) is 0.820. The monoisotopic (exact) mass is 335 g/mol. The van der Waals surface area contributed by atoms with Crippen molar-refractivity contribution in [2.45, 2.75) is 39.2 Å². The molecule has 0 aromatic carbocycles. The van der Waals surface area contributed by atoms with Gasteiger partial charge in [0.25, 0.3) is 0 Å². The number of hydrogen-bond donors (Lipinski definition) is 1. The first-order chi connectivity index (χ1) is 11.5. The van der Waals surface area contributed by atoms with Crippen LogP contribution >= 0.6 is 0 Å². The van der Waals surface area contributed by atoms with Gasteiger partial charge in [0.15, 0.2) is 0 Å². The highest BCUT2D eigenvalue weighted by Gasteiger charge is 2.28. The van der Waals surface area contributed by atoms with E-state index in [0.29, 0.717) is 25.2 Å². The Morgan fingerprint density at radius 2 is 1.96 bits per heavy atom. The highest BCUT2D eigenvalue weighted by molar-refractivity contribution is 5.87. The number of hydrogen-bond acceptors (Lipinski definition) is 4. The van der Waals surface area contributed by atoms with E-state index in [2.05, 4.69) is 31.1 Å². The summed E-state index contributed by atoms with van der Waals surface area (Å²) in [6.07, 6.45) is 3.15. The van der Waals surface area contributed by atoms with E-state index in [0.717, 1.165) is 31.9 Å². The van der Waals surface area contributed by atoms with Gasteiger partial charge in [0, 0.05) is 39.0 Å². The lowest BCUT2D eigenvalue weighted by Crippen LogP contribution is -2.54. The number of furan rings is 1. The predicted molar refractivity (Wildman–Crippen MR) is 92.5 cm³/mol. The summed E-state index contributed by atoms with van der Waals surface area (Å²) < 4.78 is 5.25. The van der Waals surface area contributed by atoms with Crippen LogP contribution < -0.4 is 5.32 Å². The van der Waals surface area contributed by atoms with Crippen molar-refractivity contribution in [3.8, 4) is 0 Å². The van der Waals surface area contributed by atoms with Crippen molar-refractivity contribution < 1.29 is 14.0 Å². The van der Waals surface area contributed by atoms with Crippen molar-refractivity contribution in [1.82, 2.24) is 15.1 Å². The van der Waals surface area contributed by atoms with Gasteiger partial charge in [-0.05, 0) is 31.5 Å². The molecule has 1 fully saturated rings. The molecule has 1 atom stereocenters. The van der Waals surface area contributed by atoms with E-state index in [1.165, 1.54) is 0 Å². The maximum Gasteiger partial charge on any atom is 0.245 e. The van der Waals surface area contributed by atoms with Crippen molar-refractivity contribution in [2.24, 2.45) is 5.92 Å². The normalized spacial score (nSPS) is 17.1. The molecule has 134 valence electrons. The second kappa shape index (κ2) is 8.87. The number of likely N-dealkylation sites (N-methyl/N-ethyl adjacent to an activating group) is 1. The van der Waals surface area contributed by atoms with E-state index in [-0.39, 0.29) is 11.8 Å². The SMILES string of the molecule is CC(C)C[C@H](NC(=O)CCc1ccco1)C(=O)N1CCN(C)CC1. The van der Waals surface area contributed by atoms with Crippen LogP contribution in [0.4, 0.5) is 0 Å². The molecule has 1 saturated heterocycles. The van der Waals surface area contributed by atoms with Crippen molar-refractivity contribution in [1.29, 1.82) is 0 Å². The fraction of sp³-hybridized carbons (Fsp3) is 0.667. The van der Waals surface area contributed by atoms with Gasteiger partial charge in [-0.3, -0.25) is 9.59 Å². The smallest absolute Gasteiger partial charge is 0.245 e. The van der Waals surface area contributed by atoms with Crippen LogP contribution in [-0.4, -0.2) is 60.9 Å². The molecule has 1 aromatic heterocycles. The number of rotatable bonds is 7. The number of carbonyl (C=O) groups is 2. The average Bonchev–Trinajstić information content (AvgIpc) is 3.05. The van der Waals surface area contributed by atoms with Gasteiger partial charge in [-0.15, -0.1) is 0 Å². The highest BCUT2D eigenvalue weighted by atomic mass is 16.3. The molecule has 2 heterocycles. The molecule has 6 heteroatoms. The van der Waals surface area contributed by atoms with Crippen LogP contribution in [0.3, 0.4) is 0 Å². The summed E-state index contributed by atoms with van der Waals surface area (Å²) >= 11 is 0. The number of aryl methyl sites for hydroxylation is 1. The lowest BCUT2D eigenvalue weighted by molar-refractivity contribution is -0.138. The van der Waals surface area contributed by atoms with Gasteiger partial charge in [0.05, 0.1) is 6.26 Å². The van der Waals surface area contributed by atoms with Gasteiger partial charge in [0.2, 0.25) is 11.8 Å². The maximum atomic E-state index is 12.8. The summed E-state index contributed by atoms with van der Waals surface area (Å²) in [4.78, 5) is 29.1. The molecule has 2 amide bonds. The Morgan fingerprint density at radius 3 is 2.54 bits per heavy atom. The molecule has 6 nitrogen and oxygen atoms in total. The van der Waals surface area contributed by atoms with Crippen LogP contribution in [0, 0.1) is 5.92 Å². The second-order valence-electron chi connectivity index (χ2n) is 6.96. The summed E-state index contributed by atoms with van der Waals surface area (Å²) in [5, 5.41) is 2.93. The Bertz CT molecular complexity index is 520. The zero-order chi connectivity index (χ0) is 17.5. The van der Waals surface area contributed by atoms with E-state index in [9.17, 15) is 9.59 Å². The average molecular weight is 335 g/mol. The number of amides is 2. The molecule has 0 saturated carbocycles. The van der Waals surface area contributed by atoms with Gasteiger partial charge >= 0.3 is 0 Å². The Labute approximate surface area is 144 Å². The van der Waals surface area contributed by atoms with Gasteiger partial charge < -0.3 is 19.5 Å². The molecule has 1 N–H and O–H groups in total. The summed E-state index contributed by atoms with van der Waals surface area (Å²) in [6.45, 7) is 7.36. The minimum atomic E-state index is -0.433. The molecule has 1 aliphatic heterocycles. The second-order valence-corrected chi connectivity index (χ2v) is 6.96. The van der Waals surface area contributed by atoms with Crippen LogP contribution in [0.2, 0.25) is 0 Å². The lowest BCUT2D eigenvalue weighted by atomic mass is 10.0. The van der Waals surface area contributed by atoms with Crippen molar-refractivity contribution in [2.75, 3.05) is 33.2 Å². The summed E-state index contributed by atoms with van der Waals surface area (Å²) in [5.74, 6) is 1.08. The Kier molecular flexibility index (Phi) is 6.85. The first kappa shape index (κ1) is 18.5. The Morgan fingerprint density at radius 1 is 1.25 bits per heavy atom. The zero-order valence-corrected chi connectivity index (χ0v) is 15.0. The van der Waals surface area contributed by atoms with Gasteiger partial charge in [0.1, 0.15) is 11.8 Å². The molecule has 0 aliphatic carbocycles. The standard InChI is InChI=1S/C18H29N3O3/c1-14(2)13-16(18(23)21-10-8-20(3)9-11-21)19-17(22)7-6-15-5-4-12-24-15/h4-5,12,14,16H,6-11,13H2,1-3H3,(H,19,22)/t16-/m0/s1. The van der Waals surface area contributed by atoms with Crippen LogP contribution in [0.15, 0.2) is 22.8 Å². The molecular weight excluding hydrogens is 306 g/mol. The number of piperazine rings is 1. The molecule has 0 spiro atoms. The third-order valence-corrected chi connectivity index (χ3v) is 4.33. The van der Waals surface area contributed by atoms with Crippen LogP contribution in [0.5, 0.6) is 0 Å². The number of carbonyl (C=O) groups excluding carboxylic acids is 2. The maximum absolute atomic E-state index is 12.8. The summed E-state index contributed by atoms with van der Waals surface area (Å²) in [5.41, 5.74) is 0. The molecule has 1 aromatic rings. The third-order valence-electron chi connectivity index (χ3n) is 4.33. The van der Waals surface area contributed by atoms with E-state index in [1.54, 1.807) is 6.26 Å². The Balaban J connectivity index is 1.89. The molecule has 2 rings (SSSR count).